The van der Waals surface area contributed by atoms with Gasteiger partial charge in [-0.1, -0.05) is 104 Å². The molecule has 1 aliphatic carbocycles. The second-order valence-electron chi connectivity index (χ2n) is 8.49. The van der Waals surface area contributed by atoms with Crippen molar-refractivity contribution in [3.63, 3.8) is 0 Å². The predicted octanol–water partition coefficient (Wildman–Crippen LogP) is 6.10. The lowest BCUT2D eigenvalue weighted by Gasteiger charge is -2.41. The third kappa shape index (κ3) is 4.80. The van der Waals surface area contributed by atoms with E-state index < -0.39 is 11.7 Å². The minimum absolute atomic E-state index is 0.0327. The first-order valence-corrected chi connectivity index (χ1v) is 11.5. The summed E-state index contributed by atoms with van der Waals surface area (Å²) in [4.78, 5) is 17.0. The third-order valence-corrected chi connectivity index (χ3v) is 6.61. The van der Waals surface area contributed by atoms with Gasteiger partial charge in [0.2, 0.25) is 0 Å². The summed E-state index contributed by atoms with van der Waals surface area (Å²) in [5.41, 5.74) is 2.30. The third-order valence-electron chi connectivity index (χ3n) is 6.61. The number of rotatable bonds is 8. The summed E-state index contributed by atoms with van der Waals surface area (Å²) in [6.07, 6.45) is 2.64. The molecule has 1 N–H and O–H groups in total. The van der Waals surface area contributed by atoms with E-state index in [2.05, 4.69) is 36.4 Å². The Bertz CT molecular complexity index is 913. The second kappa shape index (κ2) is 10.6. The Labute approximate surface area is 195 Å². The fourth-order valence-corrected chi connectivity index (χ4v) is 5.05. The molecule has 2 unspecified atom stereocenters. The van der Waals surface area contributed by atoms with Gasteiger partial charge < -0.3 is 9.84 Å². The molecule has 0 bridgehead atoms. The average molecular weight is 446 g/mol. The van der Waals surface area contributed by atoms with Gasteiger partial charge in [0, 0.05) is 5.92 Å². The Balaban J connectivity index is 1.76. The van der Waals surface area contributed by atoms with Gasteiger partial charge in [-0.15, -0.1) is 0 Å². The van der Waals surface area contributed by atoms with Crippen molar-refractivity contribution in [2.45, 2.75) is 37.3 Å². The first-order valence-electron chi connectivity index (χ1n) is 11.5. The molecule has 1 amide bonds. The van der Waals surface area contributed by atoms with E-state index in [4.69, 9.17) is 9.57 Å². The molecule has 1 saturated carbocycles. The van der Waals surface area contributed by atoms with Gasteiger partial charge in [-0.2, -0.15) is 5.06 Å². The van der Waals surface area contributed by atoms with Crippen molar-refractivity contribution in [2.24, 2.45) is 5.92 Å². The molecule has 0 radical (unpaired) electrons. The van der Waals surface area contributed by atoms with Gasteiger partial charge >= 0.3 is 6.09 Å². The van der Waals surface area contributed by atoms with Crippen molar-refractivity contribution in [1.82, 2.24) is 5.06 Å². The largest absolute Gasteiger partial charge is 0.463 e. The summed E-state index contributed by atoms with van der Waals surface area (Å²) in [6, 6.07) is 30.5. The first-order chi connectivity index (χ1) is 16.2. The number of hydrogen-bond donors (Lipinski definition) is 1. The van der Waals surface area contributed by atoms with Crippen LogP contribution in [0, 0.1) is 5.92 Å². The topological polar surface area (TPSA) is 59.0 Å². The molecule has 4 rings (SSSR count). The summed E-state index contributed by atoms with van der Waals surface area (Å²) >= 11 is 0. The van der Waals surface area contributed by atoms with E-state index in [1.165, 1.54) is 7.11 Å². The Kier molecular flexibility index (Phi) is 7.43. The molecule has 0 aromatic heterocycles. The molecule has 2 atom stereocenters. The average Bonchev–Trinajstić information content (AvgIpc) is 2.87. The van der Waals surface area contributed by atoms with Crippen LogP contribution in [0.2, 0.25) is 0 Å². The molecular formula is C28H31NO4. The fourth-order valence-electron chi connectivity index (χ4n) is 5.05. The van der Waals surface area contributed by atoms with E-state index in [1.807, 2.05) is 54.6 Å². The number of hydrogen-bond acceptors (Lipinski definition) is 3. The van der Waals surface area contributed by atoms with Crippen molar-refractivity contribution in [1.29, 1.82) is 0 Å². The molecule has 3 aromatic rings. The number of carboxylic acid groups (broad SMARTS) is 1. The van der Waals surface area contributed by atoms with Crippen LogP contribution < -0.4 is 0 Å². The Morgan fingerprint density at radius 3 is 1.73 bits per heavy atom. The molecule has 1 fully saturated rings. The summed E-state index contributed by atoms with van der Waals surface area (Å²) in [6.45, 7) is 0.413. The van der Waals surface area contributed by atoms with Crippen LogP contribution in [0.25, 0.3) is 0 Å². The van der Waals surface area contributed by atoms with E-state index in [-0.39, 0.29) is 12.0 Å². The molecular weight excluding hydrogens is 414 g/mol. The van der Waals surface area contributed by atoms with Crippen molar-refractivity contribution in [3.8, 4) is 0 Å². The van der Waals surface area contributed by atoms with Crippen molar-refractivity contribution < 1.29 is 19.5 Å². The molecule has 0 heterocycles. The van der Waals surface area contributed by atoms with E-state index in [9.17, 15) is 9.90 Å². The van der Waals surface area contributed by atoms with E-state index in [0.717, 1.165) is 47.4 Å². The minimum Gasteiger partial charge on any atom is -0.463 e. The smallest absolute Gasteiger partial charge is 0.431 e. The maximum atomic E-state index is 11.8. The molecule has 5 heteroatoms. The standard InChI is InChI=1S/C28H31NO4/c1-32-29(27(30)31)26-20-12-11-13-22(26)21-33-28(23-14-5-2-6-15-23,24-16-7-3-8-17-24)25-18-9-4-10-19-25/h2-10,14-19,22,26H,11-13,20-21H2,1H3,(H,30,31). The molecule has 3 aromatic carbocycles. The molecule has 33 heavy (non-hydrogen) atoms. The molecule has 0 aliphatic heterocycles. The van der Waals surface area contributed by atoms with Crippen molar-refractivity contribution in [2.75, 3.05) is 13.7 Å². The molecule has 1 aliphatic rings. The number of benzene rings is 3. The monoisotopic (exact) mass is 445 g/mol. The van der Waals surface area contributed by atoms with Gasteiger partial charge in [-0.25, -0.2) is 4.79 Å². The minimum atomic E-state index is -1.06. The number of amides is 1. The molecule has 0 saturated heterocycles. The van der Waals surface area contributed by atoms with Gasteiger partial charge in [0.1, 0.15) is 5.60 Å². The van der Waals surface area contributed by atoms with Crippen molar-refractivity contribution in [3.05, 3.63) is 108 Å². The lowest BCUT2D eigenvalue weighted by molar-refractivity contribution is -0.160. The van der Waals surface area contributed by atoms with E-state index >= 15 is 0 Å². The van der Waals surface area contributed by atoms with Crippen LogP contribution in [0.1, 0.15) is 42.4 Å². The van der Waals surface area contributed by atoms with E-state index in [0.29, 0.717) is 6.61 Å². The van der Waals surface area contributed by atoms with Crippen LogP contribution in [0.5, 0.6) is 0 Å². The molecule has 0 spiro atoms. The zero-order valence-electron chi connectivity index (χ0n) is 19.0. The van der Waals surface area contributed by atoms with Gasteiger partial charge in [-0.05, 0) is 29.5 Å². The van der Waals surface area contributed by atoms with Gasteiger partial charge in [0.15, 0.2) is 0 Å². The highest BCUT2D eigenvalue weighted by molar-refractivity contribution is 5.64. The zero-order valence-corrected chi connectivity index (χ0v) is 19.0. The molecule has 5 nitrogen and oxygen atoms in total. The lowest BCUT2D eigenvalue weighted by atomic mass is 9.79. The normalized spacial score (nSPS) is 18.6. The number of ether oxygens (including phenoxy) is 1. The highest BCUT2D eigenvalue weighted by atomic mass is 16.7. The van der Waals surface area contributed by atoms with Crippen LogP contribution in [0.4, 0.5) is 4.79 Å². The number of carbonyl (C=O) groups is 1. The summed E-state index contributed by atoms with van der Waals surface area (Å²) in [5.74, 6) is 0.0327. The number of nitrogens with zero attached hydrogens (tertiary/aromatic N) is 1. The summed E-state index contributed by atoms with van der Waals surface area (Å²) in [5, 5.41) is 10.8. The summed E-state index contributed by atoms with van der Waals surface area (Å²) < 4.78 is 6.96. The van der Waals surface area contributed by atoms with Crippen LogP contribution in [-0.2, 0) is 15.2 Å². The highest BCUT2D eigenvalue weighted by Crippen LogP contribution is 2.42. The number of hydroxylamine groups is 2. The van der Waals surface area contributed by atoms with Gasteiger partial charge in [-0.3, -0.25) is 4.84 Å². The fraction of sp³-hybridized carbons (Fsp3) is 0.321. The maximum absolute atomic E-state index is 11.8. The highest BCUT2D eigenvalue weighted by Gasteiger charge is 2.40. The maximum Gasteiger partial charge on any atom is 0.431 e. The Morgan fingerprint density at radius 2 is 1.30 bits per heavy atom. The van der Waals surface area contributed by atoms with E-state index in [1.54, 1.807) is 0 Å². The van der Waals surface area contributed by atoms with Crippen LogP contribution in [0.3, 0.4) is 0 Å². The van der Waals surface area contributed by atoms with Gasteiger partial charge in [0.05, 0.1) is 19.8 Å². The lowest BCUT2D eigenvalue weighted by Crippen LogP contribution is -2.47. The predicted molar refractivity (Wildman–Crippen MR) is 128 cm³/mol. The van der Waals surface area contributed by atoms with Crippen LogP contribution in [-0.4, -0.2) is 36.0 Å². The first kappa shape index (κ1) is 23.0. The van der Waals surface area contributed by atoms with Gasteiger partial charge in [0.25, 0.3) is 0 Å². The molecule has 172 valence electrons. The van der Waals surface area contributed by atoms with Crippen LogP contribution >= 0.6 is 0 Å². The summed E-state index contributed by atoms with van der Waals surface area (Å²) in [7, 11) is 1.42. The Hall–Kier alpha value is -3.15. The zero-order chi connectivity index (χ0) is 23.1. The van der Waals surface area contributed by atoms with Crippen molar-refractivity contribution >= 4 is 6.09 Å². The SMILES string of the molecule is CON(C(=O)O)C1CCCCC1COC(c1ccccc1)(c1ccccc1)c1ccccc1. The Morgan fingerprint density at radius 1 is 0.848 bits per heavy atom. The van der Waals surface area contributed by atoms with Crippen LogP contribution in [0.15, 0.2) is 91.0 Å². The quantitative estimate of drug-likeness (QED) is 0.336. The second-order valence-corrected chi connectivity index (χ2v) is 8.49.